The molecule has 0 spiro atoms. The van der Waals surface area contributed by atoms with E-state index in [1.165, 1.54) is 12.8 Å². The van der Waals surface area contributed by atoms with Crippen LogP contribution in [0.3, 0.4) is 0 Å². The van der Waals surface area contributed by atoms with Gasteiger partial charge in [0.2, 0.25) is 0 Å². The van der Waals surface area contributed by atoms with Crippen molar-refractivity contribution < 1.29 is 19.1 Å². The summed E-state index contributed by atoms with van der Waals surface area (Å²) in [7, 11) is 1.60. The predicted octanol–water partition coefficient (Wildman–Crippen LogP) is 3.63. The molecule has 1 fully saturated rings. The van der Waals surface area contributed by atoms with Crippen LogP contribution in [-0.4, -0.2) is 25.4 Å². The predicted molar refractivity (Wildman–Crippen MR) is 94.8 cm³/mol. The fraction of sp³-hybridized carbons (Fsp3) is 0.500. The Morgan fingerprint density at radius 2 is 1.96 bits per heavy atom. The Morgan fingerprint density at radius 1 is 1.16 bits per heavy atom. The van der Waals surface area contributed by atoms with Crippen molar-refractivity contribution >= 4 is 12.2 Å². The van der Waals surface area contributed by atoms with E-state index in [2.05, 4.69) is 5.32 Å². The van der Waals surface area contributed by atoms with Gasteiger partial charge in [-0.1, -0.05) is 6.08 Å². The first-order chi connectivity index (χ1) is 12.2. The van der Waals surface area contributed by atoms with Crippen LogP contribution in [0.15, 0.2) is 30.0 Å². The number of aldehydes is 1. The molecule has 0 aliphatic heterocycles. The van der Waals surface area contributed by atoms with Gasteiger partial charge in [-0.3, -0.25) is 4.79 Å². The van der Waals surface area contributed by atoms with Crippen LogP contribution in [0.1, 0.15) is 55.3 Å². The second-order valence-electron chi connectivity index (χ2n) is 6.73. The van der Waals surface area contributed by atoms with Crippen LogP contribution in [-0.2, 0) is 4.79 Å². The summed E-state index contributed by atoms with van der Waals surface area (Å²) in [5, 5.41) is 2.92. The lowest BCUT2D eigenvalue weighted by Crippen LogP contribution is -2.25. The molecule has 25 heavy (non-hydrogen) atoms. The van der Waals surface area contributed by atoms with Crippen molar-refractivity contribution in [2.24, 2.45) is 5.92 Å². The van der Waals surface area contributed by atoms with E-state index in [1.807, 2.05) is 6.08 Å². The number of hydrogen-bond acceptors (Lipinski definition) is 4. The standard InChI is InChI=1S/C20H25NO4/c1-24-18-10-9-15(12-19(18)25-17-7-2-3-8-17)20(23)21-16-6-4-5-14(11-16)13-22/h9-14,17H,2-8H2,1H3,(H,21,23). The van der Waals surface area contributed by atoms with E-state index in [4.69, 9.17) is 9.47 Å². The highest BCUT2D eigenvalue weighted by atomic mass is 16.5. The van der Waals surface area contributed by atoms with Crippen LogP contribution >= 0.6 is 0 Å². The van der Waals surface area contributed by atoms with E-state index in [0.29, 0.717) is 17.1 Å². The first-order valence-corrected chi connectivity index (χ1v) is 9.01. The molecule has 1 N–H and O–H groups in total. The number of ether oxygens (including phenoxy) is 2. The van der Waals surface area contributed by atoms with Crippen LogP contribution < -0.4 is 14.8 Å². The van der Waals surface area contributed by atoms with Crippen molar-refractivity contribution in [2.45, 2.75) is 51.0 Å². The highest BCUT2D eigenvalue weighted by Gasteiger charge is 2.20. The molecule has 0 heterocycles. The van der Waals surface area contributed by atoms with Gasteiger partial charge in [-0.05, 0) is 63.1 Å². The molecule has 5 nitrogen and oxygen atoms in total. The minimum absolute atomic E-state index is 0.0961. The quantitative estimate of drug-likeness (QED) is 0.801. The molecule has 1 aromatic carbocycles. The monoisotopic (exact) mass is 343 g/mol. The minimum Gasteiger partial charge on any atom is -0.493 e. The highest BCUT2D eigenvalue weighted by molar-refractivity contribution is 5.96. The number of allylic oxidation sites excluding steroid dienone is 2. The van der Waals surface area contributed by atoms with Crippen molar-refractivity contribution in [1.29, 1.82) is 0 Å². The summed E-state index contributed by atoms with van der Waals surface area (Å²) >= 11 is 0. The van der Waals surface area contributed by atoms with Gasteiger partial charge in [-0.2, -0.15) is 0 Å². The number of amides is 1. The number of carbonyl (C=O) groups excluding carboxylic acids is 2. The Labute approximate surface area is 148 Å². The van der Waals surface area contributed by atoms with Crippen molar-refractivity contribution in [3.63, 3.8) is 0 Å². The average Bonchev–Trinajstić information content (AvgIpc) is 3.15. The number of benzene rings is 1. The summed E-state index contributed by atoms with van der Waals surface area (Å²) in [6, 6.07) is 5.24. The molecule has 0 bridgehead atoms. The minimum atomic E-state index is -0.184. The molecule has 3 rings (SSSR count). The summed E-state index contributed by atoms with van der Waals surface area (Å²) in [4.78, 5) is 23.5. The Hall–Kier alpha value is -2.30. The molecule has 0 saturated heterocycles. The van der Waals surface area contributed by atoms with Gasteiger partial charge < -0.3 is 19.6 Å². The van der Waals surface area contributed by atoms with Gasteiger partial charge in [0.05, 0.1) is 13.2 Å². The lowest BCUT2D eigenvalue weighted by Gasteiger charge is -2.19. The van der Waals surface area contributed by atoms with Crippen LogP contribution in [0.5, 0.6) is 11.5 Å². The molecule has 1 amide bonds. The number of rotatable bonds is 6. The van der Waals surface area contributed by atoms with Crippen LogP contribution in [0.25, 0.3) is 0 Å². The van der Waals surface area contributed by atoms with Gasteiger partial charge in [-0.15, -0.1) is 0 Å². The smallest absolute Gasteiger partial charge is 0.255 e. The van der Waals surface area contributed by atoms with Gasteiger partial charge in [0.1, 0.15) is 6.29 Å². The Balaban J connectivity index is 1.73. The number of methoxy groups -OCH3 is 1. The summed E-state index contributed by atoms with van der Waals surface area (Å²) in [5.74, 6) is 0.977. The Kier molecular flexibility index (Phi) is 5.74. The normalized spacial score (nSPS) is 20.7. The van der Waals surface area contributed by atoms with Crippen molar-refractivity contribution in [3.8, 4) is 11.5 Å². The van der Waals surface area contributed by atoms with Crippen LogP contribution in [0.2, 0.25) is 0 Å². The molecular weight excluding hydrogens is 318 g/mol. The molecule has 2 aliphatic rings. The second-order valence-corrected chi connectivity index (χ2v) is 6.73. The maximum Gasteiger partial charge on any atom is 0.255 e. The zero-order valence-corrected chi connectivity index (χ0v) is 14.6. The lowest BCUT2D eigenvalue weighted by atomic mass is 9.95. The molecule has 134 valence electrons. The largest absolute Gasteiger partial charge is 0.493 e. The molecule has 1 atom stereocenters. The lowest BCUT2D eigenvalue weighted by molar-refractivity contribution is -0.110. The zero-order valence-electron chi connectivity index (χ0n) is 14.6. The summed E-state index contributed by atoms with van der Waals surface area (Å²) in [6.45, 7) is 0. The summed E-state index contributed by atoms with van der Waals surface area (Å²) in [5.41, 5.74) is 1.35. The maximum absolute atomic E-state index is 12.6. The molecule has 5 heteroatoms. The third kappa shape index (κ3) is 4.41. The fourth-order valence-electron chi connectivity index (χ4n) is 3.48. The van der Waals surface area contributed by atoms with Gasteiger partial charge >= 0.3 is 0 Å². The topological polar surface area (TPSA) is 64.6 Å². The van der Waals surface area contributed by atoms with E-state index >= 15 is 0 Å². The third-order valence-electron chi connectivity index (χ3n) is 4.87. The van der Waals surface area contributed by atoms with Gasteiger partial charge in [0.25, 0.3) is 5.91 Å². The first kappa shape index (κ1) is 17.5. The van der Waals surface area contributed by atoms with E-state index in [0.717, 1.165) is 44.1 Å². The van der Waals surface area contributed by atoms with E-state index < -0.39 is 0 Å². The molecule has 1 saturated carbocycles. The highest BCUT2D eigenvalue weighted by Crippen LogP contribution is 2.32. The van der Waals surface area contributed by atoms with Gasteiger partial charge in [-0.25, -0.2) is 0 Å². The average molecular weight is 343 g/mol. The maximum atomic E-state index is 12.6. The van der Waals surface area contributed by atoms with Crippen molar-refractivity contribution in [2.75, 3.05) is 7.11 Å². The fourth-order valence-corrected chi connectivity index (χ4v) is 3.48. The molecule has 1 aromatic rings. The van der Waals surface area contributed by atoms with E-state index in [-0.39, 0.29) is 17.9 Å². The number of nitrogens with one attached hydrogen (secondary N) is 1. The summed E-state index contributed by atoms with van der Waals surface area (Å²) < 4.78 is 11.4. The number of carbonyl (C=O) groups is 2. The van der Waals surface area contributed by atoms with Gasteiger partial charge in [0, 0.05) is 17.2 Å². The molecule has 2 aliphatic carbocycles. The Morgan fingerprint density at radius 3 is 2.68 bits per heavy atom. The molecule has 0 aromatic heterocycles. The second kappa shape index (κ2) is 8.19. The van der Waals surface area contributed by atoms with E-state index in [1.54, 1.807) is 25.3 Å². The third-order valence-corrected chi connectivity index (χ3v) is 4.87. The zero-order chi connectivity index (χ0) is 17.6. The molecule has 0 radical (unpaired) electrons. The van der Waals surface area contributed by atoms with Crippen molar-refractivity contribution in [1.82, 2.24) is 5.32 Å². The van der Waals surface area contributed by atoms with Crippen LogP contribution in [0, 0.1) is 5.92 Å². The van der Waals surface area contributed by atoms with Gasteiger partial charge in [0.15, 0.2) is 11.5 Å². The molecular formula is C20H25NO4. The summed E-state index contributed by atoms with van der Waals surface area (Å²) in [6.07, 6.45) is 9.98. The Bertz CT molecular complexity index is 662. The number of hydrogen-bond donors (Lipinski definition) is 1. The molecule has 1 unspecified atom stereocenters. The van der Waals surface area contributed by atoms with Crippen LogP contribution in [0.4, 0.5) is 0 Å². The first-order valence-electron chi connectivity index (χ1n) is 9.01. The SMILES string of the molecule is COc1ccc(C(=O)NC2=CC(C=O)CCC2)cc1OC1CCCC1. The van der Waals surface area contributed by atoms with E-state index in [9.17, 15) is 9.59 Å². The van der Waals surface area contributed by atoms with Crippen molar-refractivity contribution in [3.05, 3.63) is 35.5 Å².